The van der Waals surface area contributed by atoms with Gasteiger partial charge in [0.2, 0.25) is 0 Å². The smallest absolute Gasteiger partial charge is 0.140 e. The molecule has 1 aliphatic rings. The van der Waals surface area contributed by atoms with Gasteiger partial charge in [-0.15, -0.1) is 0 Å². The molecule has 1 heteroatoms. The van der Waals surface area contributed by atoms with Gasteiger partial charge < -0.3 is 0 Å². The minimum absolute atomic E-state index is 0.136. The summed E-state index contributed by atoms with van der Waals surface area (Å²) in [4.78, 5) is 12.1. The Kier molecular flexibility index (Phi) is 5.38. The lowest BCUT2D eigenvalue weighted by Gasteiger charge is -2.17. The van der Waals surface area contributed by atoms with Gasteiger partial charge in [0.05, 0.1) is 0 Å². The summed E-state index contributed by atoms with van der Waals surface area (Å²) in [6, 6.07) is 10.3. The standard InChI is InChI=1S/C18H24O/c1-2-3-4-5-7-12-16-13-14-17(19)18(16)15-10-8-6-9-11-15/h5-11,16,18H,2-4,12-14H2,1H3. The van der Waals surface area contributed by atoms with Gasteiger partial charge >= 0.3 is 0 Å². The molecule has 0 saturated heterocycles. The average Bonchev–Trinajstić information content (AvgIpc) is 2.81. The largest absolute Gasteiger partial charge is 0.299 e. The highest BCUT2D eigenvalue weighted by Gasteiger charge is 2.34. The van der Waals surface area contributed by atoms with Crippen LogP contribution >= 0.6 is 0 Å². The highest BCUT2D eigenvalue weighted by Crippen LogP contribution is 2.39. The minimum Gasteiger partial charge on any atom is -0.299 e. The lowest BCUT2D eigenvalue weighted by atomic mass is 9.86. The fraction of sp³-hybridized carbons (Fsp3) is 0.500. The minimum atomic E-state index is 0.136. The van der Waals surface area contributed by atoms with Crippen molar-refractivity contribution in [2.24, 2.45) is 5.92 Å². The SMILES string of the molecule is CCCCC=CCC1CCC(=O)C1c1ccccc1. The van der Waals surface area contributed by atoms with Crippen LogP contribution in [0.4, 0.5) is 0 Å². The number of benzene rings is 1. The molecule has 0 aliphatic heterocycles. The van der Waals surface area contributed by atoms with E-state index in [9.17, 15) is 4.79 Å². The first-order chi connectivity index (χ1) is 9.33. The Bertz CT molecular complexity index is 419. The molecule has 0 aromatic heterocycles. The molecule has 1 saturated carbocycles. The highest BCUT2D eigenvalue weighted by molar-refractivity contribution is 5.88. The molecule has 0 N–H and O–H groups in total. The molecule has 0 heterocycles. The number of hydrogen-bond acceptors (Lipinski definition) is 1. The van der Waals surface area contributed by atoms with E-state index in [0.717, 1.165) is 19.3 Å². The maximum atomic E-state index is 12.1. The van der Waals surface area contributed by atoms with Crippen LogP contribution in [0.5, 0.6) is 0 Å². The quantitative estimate of drug-likeness (QED) is 0.523. The maximum Gasteiger partial charge on any atom is 0.140 e. The van der Waals surface area contributed by atoms with Gasteiger partial charge in [-0.2, -0.15) is 0 Å². The molecule has 1 nitrogen and oxygen atoms in total. The summed E-state index contributed by atoms with van der Waals surface area (Å²) in [7, 11) is 0. The summed E-state index contributed by atoms with van der Waals surface area (Å²) in [5.74, 6) is 1.07. The molecular weight excluding hydrogens is 232 g/mol. The van der Waals surface area contributed by atoms with Crippen LogP contribution in [0.1, 0.15) is 56.9 Å². The highest BCUT2D eigenvalue weighted by atomic mass is 16.1. The predicted molar refractivity (Wildman–Crippen MR) is 80.2 cm³/mol. The van der Waals surface area contributed by atoms with Crippen LogP contribution in [0.3, 0.4) is 0 Å². The van der Waals surface area contributed by atoms with Gasteiger partial charge in [0.15, 0.2) is 0 Å². The van der Waals surface area contributed by atoms with Gasteiger partial charge in [-0.05, 0) is 30.7 Å². The Morgan fingerprint density at radius 1 is 1.21 bits per heavy atom. The van der Waals surface area contributed by atoms with Gasteiger partial charge in [-0.25, -0.2) is 0 Å². The van der Waals surface area contributed by atoms with Crippen molar-refractivity contribution in [1.29, 1.82) is 0 Å². The number of Topliss-reactive ketones (excluding diaryl/α,β-unsaturated/α-hetero) is 1. The Labute approximate surface area is 116 Å². The van der Waals surface area contributed by atoms with Crippen molar-refractivity contribution >= 4 is 5.78 Å². The Morgan fingerprint density at radius 3 is 2.74 bits per heavy atom. The van der Waals surface area contributed by atoms with E-state index in [-0.39, 0.29) is 5.92 Å². The number of unbranched alkanes of at least 4 members (excludes halogenated alkanes) is 2. The average molecular weight is 256 g/mol. The topological polar surface area (TPSA) is 17.1 Å². The molecule has 1 aromatic carbocycles. The van der Waals surface area contributed by atoms with E-state index in [1.807, 2.05) is 18.2 Å². The normalized spacial score (nSPS) is 23.3. The zero-order valence-corrected chi connectivity index (χ0v) is 11.8. The van der Waals surface area contributed by atoms with E-state index >= 15 is 0 Å². The second-order valence-corrected chi connectivity index (χ2v) is 5.50. The predicted octanol–water partition coefficient (Wildman–Crippen LogP) is 4.89. The van der Waals surface area contributed by atoms with Crippen LogP contribution in [0, 0.1) is 5.92 Å². The third kappa shape index (κ3) is 3.79. The molecule has 0 spiro atoms. The van der Waals surface area contributed by atoms with Crippen LogP contribution in [0.2, 0.25) is 0 Å². The zero-order chi connectivity index (χ0) is 13.5. The van der Waals surface area contributed by atoms with Gasteiger partial charge in [0.25, 0.3) is 0 Å². The van der Waals surface area contributed by atoms with E-state index in [4.69, 9.17) is 0 Å². The first-order valence-electron chi connectivity index (χ1n) is 7.55. The molecule has 19 heavy (non-hydrogen) atoms. The summed E-state index contributed by atoms with van der Waals surface area (Å²) in [6.07, 6.45) is 11.1. The third-order valence-corrected chi connectivity index (χ3v) is 4.07. The van der Waals surface area contributed by atoms with E-state index in [1.54, 1.807) is 0 Å². The lowest BCUT2D eigenvalue weighted by molar-refractivity contribution is -0.118. The first-order valence-corrected chi connectivity index (χ1v) is 7.55. The fourth-order valence-corrected chi connectivity index (χ4v) is 3.00. The molecule has 2 unspecified atom stereocenters. The molecule has 0 radical (unpaired) electrons. The second-order valence-electron chi connectivity index (χ2n) is 5.50. The number of hydrogen-bond donors (Lipinski definition) is 0. The van der Waals surface area contributed by atoms with E-state index in [2.05, 4.69) is 31.2 Å². The van der Waals surface area contributed by atoms with Crippen LogP contribution in [-0.2, 0) is 4.79 Å². The van der Waals surface area contributed by atoms with E-state index in [1.165, 1.54) is 24.8 Å². The second kappa shape index (κ2) is 7.28. The van der Waals surface area contributed by atoms with Crippen molar-refractivity contribution < 1.29 is 4.79 Å². The number of carbonyl (C=O) groups is 1. The first kappa shape index (κ1) is 14.0. The summed E-state index contributed by atoms with van der Waals surface area (Å²) < 4.78 is 0. The number of rotatable bonds is 6. The molecule has 1 aliphatic carbocycles. The van der Waals surface area contributed by atoms with Crippen molar-refractivity contribution in [3.63, 3.8) is 0 Å². The van der Waals surface area contributed by atoms with Crippen molar-refractivity contribution in [2.75, 3.05) is 0 Å². The monoisotopic (exact) mass is 256 g/mol. The van der Waals surface area contributed by atoms with E-state index in [0.29, 0.717) is 11.7 Å². The van der Waals surface area contributed by atoms with Gasteiger partial charge in [0, 0.05) is 12.3 Å². The van der Waals surface area contributed by atoms with Crippen LogP contribution in [-0.4, -0.2) is 5.78 Å². The zero-order valence-electron chi connectivity index (χ0n) is 11.8. The van der Waals surface area contributed by atoms with Gasteiger partial charge in [-0.1, -0.05) is 62.2 Å². The molecule has 2 atom stereocenters. The Hall–Kier alpha value is -1.37. The summed E-state index contributed by atoms with van der Waals surface area (Å²) in [5.41, 5.74) is 1.21. The molecular formula is C18H24O. The fourth-order valence-electron chi connectivity index (χ4n) is 3.00. The van der Waals surface area contributed by atoms with Gasteiger partial charge in [0.1, 0.15) is 5.78 Å². The molecule has 0 amide bonds. The van der Waals surface area contributed by atoms with Crippen LogP contribution in [0.15, 0.2) is 42.5 Å². The van der Waals surface area contributed by atoms with Crippen molar-refractivity contribution in [3.05, 3.63) is 48.0 Å². The van der Waals surface area contributed by atoms with Crippen LogP contribution in [0.25, 0.3) is 0 Å². The molecule has 0 bridgehead atoms. The maximum absolute atomic E-state index is 12.1. The summed E-state index contributed by atoms with van der Waals surface area (Å²) in [5, 5.41) is 0. The van der Waals surface area contributed by atoms with Gasteiger partial charge in [-0.3, -0.25) is 4.79 Å². The molecule has 1 fully saturated rings. The molecule has 102 valence electrons. The third-order valence-electron chi connectivity index (χ3n) is 4.07. The molecule has 1 aromatic rings. The van der Waals surface area contributed by atoms with Crippen LogP contribution < -0.4 is 0 Å². The van der Waals surface area contributed by atoms with E-state index < -0.39 is 0 Å². The van der Waals surface area contributed by atoms with Crippen molar-refractivity contribution in [1.82, 2.24) is 0 Å². The van der Waals surface area contributed by atoms with Crippen molar-refractivity contribution in [2.45, 2.75) is 51.4 Å². The number of allylic oxidation sites excluding steroid dienone is 2. The number of ketones is 1. The number of carbonyl (C=O) groups excluding carboxylic acids is 1. The Morgan fingerprint density at radius 2 is 2.00 bits per heavy atom. The lowest BCUT2D eigenvalue weighted by Crippen LogP contribution is -2.12. The summed E-state index contributed by atoms with van der Waals surface area (Å²) in [6.45, 7) is 2.22. The Balaban J connectivity index is 1.96. The molecule has 2 rings (SSSR count). The summed E-state index contributed by atoms with van der Waals surface area (Å²) >= 11 is 0. The van der Waals surface area contributed by atoms with Crippen molar-refractivity contribution in [3.8, 4) is 0 Å².